The van der Waals surface area contributed by atoms with Crippen molar-refractivity contribution < 1.29 is 17.9 Å². The number of hydrogen-bond donors (Lipinski definition) is 1. The summed E-state index contributed by atoms with van der Waals surface area (Å²) in [4.78, 5) is 0. The number of halogens is 3. The molecule has 2 nitrogen and oxygen atoms in total. The molecule has 0 saturated carbocycles. The number of rotatable bonds is 7. The molecule has 2 unspecified atom stereocenters. The monoisotopic (exact) mass is 325 g/mol. The quantitative estimate of drug-likeness (QED) is 0.738. The van der Waals surface area contributed by atoms with Gasteiger partial charge in [-0.15, -0.1) is 0 Å². The third kappa shape index (κ3) is 5.52. The van der Waals surface area contributed by atoms with Crippen molar-refractivity contribution in [3.63, 3.8) is 0 Å². The fourth-order valence-electron chi connectivity index (χ4n) is 2.58. The summed E-state index contributed by atoms with van der Waals surface area (Å²) >= 11 is 0. The van der Waals surface area contributed by atoms with Crippen LogP contribution in [0, 0.1) is 0 Å². The standard InChI is InChI=1S/C18H22F3NO/c19-18(20,21)15-9-11-16(12-10-15)23-17(8-4-5-13-22)14-6-2-1-3-7-14/h1-3,6-7,9-11,16-17H,4-5,8,12-13,22H2. The van der Waals surface area contributed by atoms with E-state index in [0.717, 1.165) is 30.9 Å². The van der Waals surface area contributed by atoms with Crippen molar-refractivity contribution in [3.8, 4) is 0 Å². The topological polar surface area (TPSA) is 35.2 Å². The van der Waals surface area contributed by atoms with Crippen LogP contribution in [0.15, 0.2) is 54.1 Å². The minimum Gasteiger partial charge on any atom is -0.366 e. The van der Waals surface area contributed by atoms with E-state index in [4.69, 9.17) is 10.5 Å². The van der Waals surface area contributed by atoms with Crippen molar-refractivity contribution in [1.82, 2.24) is 0 Å². The van der Waals surface area contributed by atoms with Gasteiger partial charge in [0.15, 0.2) is 0 Å². The van der Waals surface area contributed by atoms with Crippen LogP contribution in [0.25, 0.3) is 0 Å². The number of benzene rings is 1. The molecule has 23 heavy (non-hydrogen) atoms. The average molecular weight is 325 g/mol. The van der Waals surface area contributed by atoms with Crippen LogP contribution in [0.1, 0.15) is 37.4 Å². The molecule has 0 radical (unpaired) electrons. The van der Waals surface area contributed by atoms with Crippen LogP contribution in [-0.2, 0) is 4.74 Å². The maximum Gasteiger partial charge on any atom is 0.416 e. The first-order chi connectivity index (χ1) is 11.0. The summed E-state index contributed by atoms with van der Waals surface area (Å²) in [5.41, 5.74) is 5.97. The zero-order valence-corrected chi connectivity index (χ0v) is 12.9. The van der Waals surface area contributed by atoms with E-state index >= 15 is 0 Å². The molecule has 126 valence electrons. The molecule has 2 atom stereocenters. The smallest absolute Gasteiger partial charge is 0.366 e. The van der Waals surface area contributed by atoms with E-state index in [1.807, 2.05) is 30.3 Å². The number of nitrogens with two attached hydrogens (primary N) is 1. The number of unbranched alkanes of at least 4 members (excludes halogenated alkanes) is 1. The Bertz CT molecular complexity index is 537. The number of ether oxygens (including phenoxy) is 1. The summed E-state index contributed by atoms with van der Waals surface area (Å²) in [6.45, 7) is 0.628. The van der Waals surface area contributed by atoms with Crippen LogP contribution in [-0.4, -0.2) is 18.8 Å². The van der Waals surface area contributed by atoms with E-state index in [2.05, 4.69) is 0 Å². The van der Waals surface area contributed by atoms with Crippen LogP contribution < -0.4 is 5.73 Å². The first-order valence-electron chi connectivity index (χ1n) is 7.86. The maximum atomic E-state index is 12.6. The summed E-state index contributed by atoms with van der Waals surface area (Å²) in [5, 5.41) is 0. The van der Waals surface area contributed by atoms with Gasteiger partial charge in [0.2, 0.25) is 0 Å². The Hall–Kier alpha value is -1.59. The molecule has 0 heterocycles. The molecule has 0 saturated heterocycles. The van der Waals surface area contributed by atoms with E-state index in [0.29, 0.717) is 6.54 Å². The molecule has 2 rings (SSSR count). The van der Waals surface area contributed by atoms with Crippen LogP contribution in [0.3, 0.4) is 0 Å². The van der Waals surface area contributed by atoms with Gasteiger partial charge in [0, 0.05) is 0 Å². The Morgan fingerprint density at radius 3 is 2.48 bits per heavy atom. The van der Waals surface area contributed by atoms with Gasteiger partial charge in [-0.1, -0.05) is 48.6 Å². The van der Waals surface area contributed by atoms with E-state index in [1.54, 1.807) is 0 Å². The highest BCUT2D eigenvalue weighted by atomic mass is 19.4. The molecular formula is C18H22F3NO. The van der Waals surface area contributed by atoms with Gasteiger partial charge in [-0.25, -0.2) is 0 Å². The molecule has 1 aliphatic rings. The Kier molecular flexibility index (Phi) is 6.42. The van der Waals surface area contributed by atoms with Gasteiger partial charge in [-0.05, 0) is 37.8 Å². The molecule has 0 aromatic heterocycles. The Morgan fingerprint density at radius 1 is 1.17 bits per heavy atom. The van der Waals surface area contributed by atoms with E-state index in [-0.39, 0.29) is 18.6 Å². The van der Waals surface area contributed by atoms with Crippen LogP contribution in [0.5, 0.6) is 0 Å². The average Bonchev–Trinajstić information content (AvgIpc) is 2.54. The van der Waals surface area contributed by atoms with Gasteiger partial charge in [0.1, 0.15) is 0 Å². The third-order valence-electron chi connectivity index (χ3n) is 3.82. The Morgan fingerprint density at radius 2 is 1.91 bits per heavy atom. The zero-order valence-electron chi connectivity index (χ0n) is 12.9. The molecule has 0 fully saturated rings. The van der Waals surface area contributed by atoms with E-state index in [9.17, 15) is 13.2 Å². The van der Waals surface area contributed by atoms with Crippen molar-refractivity contribution in [3.05, 3.63) is 59.7 Å². The lowest BCUT2D eigenvalue weighted by Gasteiger charge is -2.25. The van der Waals surface area contributed by atoms with Gasteiger partial charge < -0.3 is 10.5 Å². The second kappa shape index (κ2) is 8.31. The van der Waals surface area contributed by atoms with Gasteiger partial charge >= 0.3 is 6.18 Å². The molecule has 0 aliphatic heterocycles. The predicted molar refractivity (Wildman–Crippen MR) is 84.9 cm³/mol. The normalized spacial score (nSPS) is 19.5. The van der Waals surface area contributed by atoms with Crippen LogP contribution in [0.4, 0.5) is 13.2 Å². The van der Waals surface area contributed by atoms with Crippen LogP contribution >= 0.6 is 0 Å². The van der Waals surface area contributed by atoms with Crippen molar-refractivity contribution in [2.45, 2.75) is 44.1 Å². The molecule has 5 heteroatoms. The van der Waals surface area contributed by atoms with Crippen molar-refractivity contribution in [1.29, 1.82) is 0 Å². The van der Waals surface area contributed by atoms with Gasteiger partial charge in [0.25, 0.3) is 0 Å². The highest BCUT2D eigenvalue weighted by Crippen LogP contribution is 2.32. The van der Waals surface area contributed by atoms with Crippen LogP contribution in [0.2, 0.25) is 0 Å². The lowest BCUT2D eigenvalue weighted by Crippen LogP contribution is -2.20. The van der Waals surface area contributed by atoms with E-state index < -0.39 is 11.7 Å². The minimum atomic E-state index is -4.29. The molecular weight excluding hydrogens is 303 g/mol. The SMILES string of the molecule is NCCCCC(OC1C=CC(C(F)(F)F)=CC1)c1ccccc1. The molecule has 1 aromatic carbocycles. The first kappa shape index (κ1) is 17.8. The zero-order chi connectivity index (χ0) is 16.7. The fraction of sp³-hybridized carbons (Fsp3) is 0.444. The summed E-state index contributed by atoms with van der Waals surface area (Å²) in [7, 11) is 0. The summed E-state index contributed by atoms with van der Waals surface area (Å²) < 4.78 is 43.9. The fourth-order valence-corrected chi connectivity index (χ4v) is 2.58. The molecule has 0 bridgehead atoms. The third-order valence-corrected chi connectivity index (χ3v) is 3.82. The van der Waals surface area contributed by atoms with Gasteiger partial charge in [-0.2, -0.15) is 13.2 Å². The summed E-state index contributed by atoms with van der Waals surface area (Å²) in [6, 6.07) is 9.77. The lowest BCUT2D eigenvalue weighted by molar-refractivity contribution is -0.0893. The largest absolute Gasteiger partial charge is 0.416 e. The van der Waals surface area contributed by atoms with Crippen molar-refractivity contribution >= 4 is 0 Å². The lowest BCUT2D eigenvalue weighted by atomic mass is 10.0. The number of hydrogen-bond acceptors (Lipinski definition) is 2. The summed E-state index contributed by atoms with van der Waals surface area (Å²) in [6.07, 6.45) is 1.95. The first-order valence-corrected chi connectivity index (χ1v) is 7.86. The van der Waals surface area contributed by atoms with Crippen molar-refractivity contribution in [2.24, 2.45) is 5.73 Å². The highest BCUT2D eigenvalue weighted by molar-refractivity contribution is 5.28. The number of allylic oxidation sites excluding steroid dienone is 2. The Balaban J connectivity index is 1.99. The highest BCUT2D eigenvalue weighted by Gasteiger charge is 2.33. The molecule has 1 aliphatic carbocycles. The summed E-state index contributed by atoms with van der Waals surface area (Å²) in [5.74, 6) is 0. The molecule has 0 spiro atoms. The molecule has 1 aromatic rings. The van der Waals surface area contributed by atoms with Gasteiger partial charge in [-0.3, -0.25) is 0 Å². The second-order valence-electron chi connectivity index (χ2n) is 5.61. The number of alkyl halides is 3. The van der Waals surface area contributed by atoms with Crippen molar-refractivity contribution in [2.75, 3.05) is 6.54 Å². The minimum absolute atomic E-state index is 0.127. The molecule has 0 amide bonds. The predicted octanol–water partition coefficient (Wildman–Crippen LogP) is 4.69. The molecule has 2 N–H and O–H groups in total. The van der Waals surface area contributed by atoms with Gasteiger partial charge in [0.05, 0.1) is 17.8 Å². The second-order valence-corrected chi connectivity index (χ2v) is 5.61. The Labute approximate surface area is 134 Å². The van der Waals surface area contributed by atoms with E-state index in [1.165, 1.54) is 12.2 Å². The maximum absolute atomic E-state index is 12.6.